The Morgan fingerprint density at radius 2 is 0.875 bits per heavy atom. The number of hydrogen-bond donors (Lipinski definition) is 2. The molecule has 0 spiro atoms. The molecule has 0 fully saturated rings. The molecule has 0 atom stereocenters. The van der Waals surface area contributed by atoms with Crippen molar-refractivity contribution in [3.05, 3.63) is 69.6 Å². The van der Waals surface area contributed by atoms with E-state index in [1.807, 2.05) is 60.7 Å². The van der Waals surface area contributed by atoms with Crippen LogP contribution in [0.1, 0.15) is 0 Å². The van der Waals surface area contributed by atoms with Gasteiger partial charge in [-0.1, -0.05) is 80.4 Å². The standard InChI is InChI=1S/C20H12Br2O2/c21-17-9-15(19(23)13-7-3-1-5-11(13)17)16-10-18(22)12-6-2-4-8-14(12)20(16)24/h1-10,23-24H. The highest BCUT2D eigenvalue weighted by Crippen LogP contribution is 2.46. The number of aromatic hydroxyl groups is 2. The Hall–Kier alpha value is -2.04. The van der Waals surface area contributed by atoms with E-state index in [0.717, 1.165) is 30.5 Å². The van der Waals surface area contributed by atoms with Gasteiger partial charge in [-0.2, -0.15) is 0 Å². The van der Waals surface area contributed by atoms with Gasteiger partial charge in [0.2, 0.25) is 0 Å². The number of fused-ring (bicyclic) bond motifs is 2. The molecule has 0 radical (unpaired) electrons. The lowest BCUT2D eigenvalue weighted by molar-refractivity contribution is 0.475. The quantitative estimate of drug-likeness (QED) is 0.348. The lowest BCUT2D eigenvalue weighted by atomic mass is 9.96. The van der Waals surface area contributed by atoms with E-state index in [0.29, 0.717) is 11.1 Å². The molecular formula is C20H12Br2O2. The summed E-state index contributed by atoms with van der Waals surface area (Å²) in [5.41, 5.74) is 1.18. The summed E-state index contributed by atoms with van der Waals surface area (Å²) in [7, 11) is 0. The van der Waals surface area contributed by atoms with Crippen molar-refractivity contribution in [2.24, 2.45) is 0 Å². The zero-order chi connectivity index (χ0) is 16.8. The summed E-state index contributed by atoms with van der Waals surface area (Å²) in [4.78, 5) is 0. The molecule has 2 N–H and O–H groups in total. The topological polar surface area (TPSA) is 40.5 Å². The fourth-order valence-corrected chi connectivity index (χ4v) is 4.19. The Labute approximate surface area is 155 Å². The van der Waals surface area contributed by atoms with E-state index < -0.39 is 0 Å². The van der Waals surface area contributed by atoms with Crippen LogP contribution < -0.4 is 0 Å². The molecule has 0 unspecified atom stereocenters. The third-order valence-electron chi connectivity index (χ3n) is 4.22. The van der Waals surface area contributed by atoms with Crippen molar-refractivity contribution >= 4 is 53.4 Å². The molecule has 0 saturated carbocycles. The number of benzene rings is 4. The monoisotopic (exact) mass is 442 g/mol. The van der Waals surface area contributed by atoms with Gasteiger partial charge in [0.15, 0.2) is 0 Å². The molecule has 24 heavy (non-hydrogen) atoms. The maximum absolute atomic E-state index is 10.8. The summed E-state index contributed by atoms with van der Waals surface area (Å²) in [5.74, 6) is 0.317. The highest BCUT2D eigenvalue weighted by Gasteiger charge is 2.17. The van der Waals surface area contributed by atoms with Crippen molar-refractivity contribution in [2.45, 2.75) is 0 Å². The van der Waals surface area contributed by atoms with Crippen molar-refractivity contribution in [2.75, 3.05) is 0 Å². The van der Waals surface area contributed by atoms with Crippen LogP contribution in [0.3, 0.4) is 0 Å². The fourth-order valence-electron chi connectivity index (χ4n) is 3.04. The summed E-state index contributed by atoms with van der Waals surface area (Å²) in [6, 6.07) is 18.9. The molecule has 4 rings (SSSR count). The molecule has 0 bridgehead atoms. The Morgan fingerprint density at radius 3 is 1.25 bits per heavy atom. The van der Waals surface area contributed by atoms with E-state index in [-0.39, 0.29) is 11.5 Å². The summed E-state index contributed by atoms with van der Waals surface area (Å²) in [5, 5.41) is 24.9. The smallest absolute Gasteiger partial charge is 0.131 e. The summed E-state index contributed by atoms with van der Waals surface area (Å²) >= 11 is 7.14. The van der Waals surface area contributed by atoms with Crippen LogP contribution in [0.2, 0.25) is 0 Å². The maximum Gasteiger partial charge on any atom is 0.131 e. The third-order valence-corrected chi connectivity index (χ3v) is 5.53. The zero-order valence-electron chi connectivity index (χ0n) is 12.4. The van der Waals surface area contributed by atoms with E-state index in [1.54, 1.807) is 0 Å². The summed E-state index contributed by atoms with van der Waals surface area (Å²) < 4.78 is 1.74. The van der Waals surface area contributed by atoms with Crippen molar-refractivity contribution in [3.8, 4) is 22.6 Å². The van der Waals surface area contributed by atoms with Crippen molar-refractivity contribution in [3.63, 3.8) is 0 Å². The number of halogens is 2. The van der Waals surface area contributed by atoms with Crippen molar-refractivity contribution in [1.29, 1.82) is 0 Å². The molecule has 4 aromatic rings. The summed E-state index contributed by atoms with van der Waals surface area (Å²) in [6.45, 7) is 0. The molecule has 0 heterocycles. The molecule has 0 aliphatic carbocycles. The largest absolute Gasteiger partial charge is 0.507 e. The van der Waals surface area contributed by atoms with Gasteiger partial charge in [-0.15, -0.1) is 0 Å². The molecule has 4 heteroatoms. The molecule has 0 aliphatic rings. The van der Waals surface area contributed by atoms with E-state index in [9.17, 15) is 10.2 Å². The number of hydrogen-bond acceptors (Lipinski definition) is 2. The molecular weight excluding hydrogens is 432 g/mol. The van der Waals surface area contributed by atoms with E-state index in [4.69, 9.17) is 0 Å². The van der Waals surface area contributed by atoms with Gasteiger partial charge in [0.05, 0.1) is 0 Å². The predicted octanol–water partition coefficient (Wildman–Crippen LogP) is 6.60. The zero-order valence-corrected chi connectivity index (χ0v) is 15.6. The van der Waals surface area contributed by atoms with Crippen LogP contribution in [0.15, 0.2) is 69.6 Å². The van der Waals surface area contributed by atoms with Gasteiger partial charge in [0, 0.05) is 30.8 Å². The lowest BCUT2D eigenvalue weighted by Crippen LogP contribution is -1.87. The van der Waals surface area contributed by atoms with E-state index >= 15 is 0 Å². The predicted molar refractivity (Wildman–Crippen MR) is 106 cm³/mol. The molecule has 0 aromatic heterocycles. The average molecular weight is 444 g/mol. The minimum Gasteiger partial charge on any atom is -0.507 e. The molecule has 0 aliphatic heterocycles. The number of rotatable bonds is 1. The van der Waals surface area contributed by atoms with Crippen LogP contribution in [0, 0.1) is 0 Å². The van der Waals surface area contributed by atoms with Gasteiger partial charge in [-0.3, -0.25) is 0 Å². The minimum absolute atomic E-state index is 0.159. The average Bonchev–Trinajstić information content (AvgIpc) is 2.61. The van der Waals surface area contributed by atoms with Gasteiger partial charge in [0.1, 0.15) is 11.5 Å². The molecule has 0 amide bonds. The lowest BCUT2D eigenvalue weighted by Gasteiger charge is -2.14. The number of phenolic OH excluding ortho intramolecular Hbond substituents is 2. The van der Waals surface area contributed by atoms with E-state index in [1.165, 1.54) is 0 Å². The SMILES string of the molecule is Oc1c(-c2cc(Br)c3ccccc3c2O)cc(Br)c2ccccc12. The van der Waals surface area contributed by atoms with Crippen LogP contribution in [0.25, 0.3) is 32.7 Å². The maximum atomic E-state index is 10.8. The van der Waals surface area contributed by atoms with Crippen LogP contribution in [0.5, 0.6) is 11.5 Å². The van der Waals surface area contributed by atoms with Crippen molar-refractivity contribution in [1.82, 2.24) is 0 Å². The van der Waals surface area contributed by atoms with Crippen LogP contribution in [-0.2, 0) is 0 Å². The molecule has 2 nitrogen and oxygen atoms in total. The second-order valence-corrected chi connectivity index (χ2v) is 7.31. The van der Waals surface area contributed by atoms with E-state index in [2.05, 4.69) is 31.9 Å². The Kier molecular flexibility index (Phi) is 3.74. The summed E-state index contributed by atoms with van der Waals surface area (Å²) in [6.07, 6.45) is 0. The highest BCUT2D eigenvalue weighted by atomic mass is 79.9. The third kappa shape index (κ3) is 2.29. The first-order valence-electron chi connectivity index (χ1n) is 7.38. The molecule has 4 aromatic carbocycles. The first-order chi connectivity index (χ1) is 11.6. The second kappa shape index (κ2) is 5.80. The van der Waals surface area contributed by atoms with Gasteiger partial charge in [-0.25, -0.2) is 0 Å². The van der Waals surface area contributed by atoms with Crippen LogP contribution in [-0.4, -0.2) is 10.2 Å². The van der Waals surface area contributed by atoms with Gasteiger partial charge in [-0.05, 0) is 22.9 Å². The van der Waals surface area contributed by atoms with Crippen molar-refractivity contribution < 1.29 is 10.2 Å². The molecule has 118 valence electrons. The normalized spacial score (nSPS) is 11.2. The van der Waals surface area contributed by atoms with Crippen LogP contribution in [0.4, 0.5) is 0 Å². The Morgan fingerprint density at radius 1 is 0.542 bits per heavy atom. The fraction of sp³-hybridized carbons (Fsp3) is 0. The Bertz CT molecular complexity index is 1010. The van der Waals surface area contributed by atoms with Gasteiger partial charge >= 0.3 is 0 Å². The second-order valence-electron chi connectivity index (χ2n) is 5.60. The first-order valence-corrected chi connectivity index (χ1v) is 8.97. The minimum atomic E-state index is 0.159. The first kappa shape index (κ1) is 15.5. The Balaban J connectivity index is 2.10. The molecule has 0 saturated heterocycles. The highest BCUT2D eigenvalue weighted by molar-refractivity contribution is 9.11. The number of phenols is 2. The van der Waals surface area contributed by atoms with Crippen LogP contribution >= 0.6 is 31.9 Å². The van der Waals surface area contributed by atoms with Gasteiger partial charge in [0.25, 0.3) is 0 Å². The van der Waals surface area contributed by atoms with Gasteiger partial charge < -0.3 is 10.2 Å².